The van der Waals surface area contributed by atoms with Crippen molar-refractivity contribution in [3.63, 3.8) is 0 Å². The summed E-state index contributed by atoms with van der Waals surface area (Å²) in [5.41, 5.74) is 1.72. The fourth-order valence-corrected chi connectivity index (χ4v) is 3.48. The summed E-state index contributed by atoms with van der Waals surface area (Å²) in [5, 5.41) is 11.8. The van der Waals surface area contributed by atoms with Crippen LogP contribution in [0.2, 0.25) is 0 Å². The van der Waals surface area contributed by atoms with Crippen LogP contribution in [0.15, 0.2) is 24.3 Å². The summed E-state index contributed by atoms with van der Waals surface area (Å²) >= 11 is 0. The van der Waals surface area contributed by atoms with Crippen molar-refractivity contribution in [3.8, 4) is 0 Å². The molecule has 1 aliphatic heterocycles. The highest BCUT2D eigenvalue weighted by atomic mass is 16.4. The highest BCUT2D eigenvalue weighted by Gasteiger charge is 2.41. The second-order valence-electron chi connectivity index (χ2n) is 6.90. The summed E-state index contributed by atoms with van der Waals surface area (Å²) < 4.78 is 0. The lowest BCUT2D eigenvalue weighted by Gasteiger charge is -2.31. The maximum Gasteiger partial charge on any atom is 0.307 e. The molecule has 2 fully saturated rings. The molecule has 25 heavy (non-hydrogen) atoms. The Kier molecular flexibility index (Phi) is 5.36. The molecule has 2 aliphatic rings. The standard InChI is InChI=1S/C19H24N2O4/c22-17(21-11-1-2-12-21)10-5-13-3-6-14(7-4-13)20-18(23)15-8-9-16(15)19(24)25/h3-4,6-7,15-16H,1-2,5,8-12H2,(H,20,23)(H,24,25). The number of carboxylic acid groups (broad SMARTS) is 1. The van der Waals surface area contributed by atoms with E-state index >= 15 is 0 Å². The average Bonchev–Trinajstić information content (AvgIpc) is 3.06. The predicted octanol–water partition coefficient (Wildman–Crippen LogP) is 2.29. The van der Waals surface area contributed by atoms with E-state index in [0.717, 1.165) is 31.5 Å². The van der Waals surface area contributed by atoms with Gasteiger partial charge in [-0.1, -0.05) is 12.1 Å². The number of carbonyl (C=O) groups is 3. The molecule has 1 aromatic rings. The fourth-order valence-electron chi connectivity index (χ4n) is 3.48. The van der Waals surface area contributed by atoms with Gasteiger partial charge in [0.1, 0.15) is 0 Å². The van der Waals surface area contributed by atoms with Crippen molar-refractivity contribution in [2.75, 3.05) is 18.4 Å². The van der Waals surface area contributed by atoms with E-state index in [0.29, 0.717) is 31.4 Å². The Morgan fingerprint density at radius 3 is 2.24 bits per heavy atom. The molecule has 3 rings (SSSR count). The summed E-state index contributed by atoms with van der Waals surface area (Å²) in [6.45, 7) is 1.75. The Morgan fingerprint density at radius 2 is 1.68 bits per heavy atom. The van der Waals surface area contributed by atoms with Gasteiger partial charge in [-0.3, -0.25) is 14.4 Å². The number of nitrogens with one attached hydrogen (secondary N) is 1. The first-order valence-electron chi connectivity index (χ1n) is 8.95. The van der Waals surface area contributed by atoms with E-state index in [2.05, 4.69) is 5.32 Å². The lowest BCUT2D eigenvalue weighted by Crippen LogP contribution is -2.41. The van der Waals surface area contributed by atoms with Crippen molar-refractivity contribution < 1.29 is 19.5 Å². The van der Waals surface area contributed by atoms with Gasteiger partial charge in [0, 0.05) is 25.2 Å². The SMILES string of the molecule is O=C(O)C1CCC1C(=O)Nc1ccc(CCC(=O)N2CCCC2)cc1. The van der Waals surface area contributed by atoms with Gasteiger partial charge < -0.3 is 15.3 Å². The number of amides is 2. The van der Waals surface area contributed by atoms with E-state index < -0.39 is 17.8 Å². The molecule has 1 heterocycles. The molecule has 134 valence electrons. The third kappa shape index (κ3) is 4.18. The molecule has 2 unspecified atom stereocenters. The van der Waals surface area contributed by atoms with Crippen LogP contribution in [0.3, 0.4) is 0 Å². The Labute approximate surface area is 147 Å². The first-order valence-corrected chi connectivity index (χ1v) is 8.95. The lowest BCUT2D eigenvalue weighted by molar-refractivity contribution is -0.151. The summed E-state index contributed by atoms with van der Waals surface area (Å²) in [5.74, 6) is -1.91. The molecule has 1 aromatic carbocycles. The van der Waals surface area contributed by atoms with E-state index in [-0.39, 0.29) is 11.8 Å². The number of hydrogen-bond donors (Lipinski definition) is 2. The van der Waals surface area contributed by atoms with Crippen LogP contribution in [-0.2, 0) is 20.8 Å². The Bertz CT molecular complexity index is 650. The van der Waals surface area contributed by atoms with Crippen molar-refractivity contribution in [2.45, 2.75) is 38.5 Å². The molecule has 6 heteroatoms. The van der Waals surface area contributed by atoms with Crippen molar-refractivity contribution in [1.29, 1.82) is 0 Å². The predicted molar refractivity (Wildman–Crippen MR) is 93.1 cm³/mol. The van der Waals surface area contributed by atoms with E-state index in [4.69, 9.17) is 5.11 Å². The zero-order valence-electron chi connectivity index (χ0n) is 14.2. The van der Waals surface area contributed by atoms with Crippen molar-refractivity contribution in [1.82, 2.24) is 4.90 Å². The summed E-state index contributed by atoms with van der Waals surface area (Å²) in [6, 6.07) is 7.43. The normalized spacial score (nSPS) is 22.3. The number of anilines is 1. The van der Waals surface area contributed by atoms with Gasteiger partial charge >= 0.3 is 5.97 Å². The van der Waals surface area contributed by atoms with Crippen molar-refractivity contribution >= 4 is 23.5 Å². The first kappa shape index (κ1) is 17.5. The number of likely N-dealkylation sites (tertiary alicyclic amines) is 1. The molecule has 2 amide bonds. The number of nitrogens with zero attached hydrogens (tertiary/aromatic N) is 1. The van der Waals surface area contributed by atoms with Crippen LogP contribution in [0.5, 0.6) is 0 Å². The minimum Gasteiger partial charge on any atom is -0.481 e. The number of rotatable bonds is 6. The molecule has 0 bridgehead atoms. The van der Waals surface area contributed by atoms with Crippen LogP contribution >= 0.6 is 0 Å². The molecular formula is C19H24N2O4. The molecular weight excluding hydrogens is 320 g/mol. The zero-order valence-corrected chi connectivity index (χ0v) is 14.2. The van der Waals surface area contributed by atoms with E-state index in [1.165, 1.54) is 0 Å². The average molecular weight is 344 g/mol. The van der Waals surface area contributed by atoms with Gasteiger partial charge in [0.05, 0.1) is 11.8 Å². The number of hydrogen-bond acceptors (Lipinski definition) is 3. The maximum absolute atomic E-state index is 12.1. The van der Waals surface area contributed by atoms with Gasteiger partial charge in [0.2, 0.25) is 11.8 Å². The minimum absolute atomic E-state index is 0.208. The monoisotopic (exact) mass is 344 g/mol. The van der Waals surface area contributed by atoms with Gasteiger partial charge in [0.25, 0.3) is 0 Å². The molecule has 1 aliphatic carbocycles. The number of carbonyl (C=O) groups excluding carboxylic acids is 2. The second-order valence-corrected chi connectivity index (χ2v) is 6.90. The Hall–Kier alpha value is -2.37. The summed E-state index contributed by atoms with van der Waals surface area (Å²) in [6.07, 6.45) is 4.59. The zero-order chi connectivity index (χ0) is 17.8. The van der Waals surface area contributed by atoms with Crippen LogP contribution < -0.4 is 5.32 Å². The van der Waals surface area contributed by atoms with E-state index in [9.17, 15) is 14.4 Å². The largest absolute Gasteiger partial charge is 0.481 e. The van der Waals surface area contributed by atoms with E-state index in [1.54, 1.807) is 0 Å². The first-order chi connectivity index (χ1) is 12.0. The molecule has 1 saturated heterocycles. The van der Waals surface area contributed by atoms with Crippen LogP contribution in [0.25, 0.3) is 0 Å². The topological polar surface area (TPSA) is 86.7 Å². The van der Waals surface area contributed by atoms with Crippen LogP contribution in [0.4, 0.5) is 5.69 Å². The van der Waals surface area contributed by atoms with Crippen molar-refractivity contribution in [3.05, 3.63) is 29.8 Å². The highest BCUT2D eigenvalue weighted by Crippen LogP contribution is 2.35. The smallest absolute Gasteiger partial charge is 0.307 e. The summed E-state index contributed by atoms with van der Waals surface area (Å²) in [4.78, 5) is 37.1. The lowest BCUT2D eigenvalue weighted by atomic mass is 9.73. The van der Waals surface area contributed by atoms with Crippen LogP contribution in [-0.4, -0.2) is 40.9 Å². The molecule has 1 saturated carbocycles. The van der Waals surface area contributed by atoms with Gasteiger partial charge in [-0.15, -0.1) is 0 Å². The molecule has 2 N–H and O–H groups in total. The summed E-state index contributed by atoms with van der Waals surface area (Å²) in [7, 11) is 0. The molecule has 2 atom stereocenters. The van der Waals surface area contributed by atoms with Gasteiger partial charge in [-0.05, 0) is 49.8 Å². The Balaban J connectivity index is 1.47. The third-order valence-corrected chi connectivity index (χ3v) is 5.24. The molecule has 6 nitrogen and oxygen atoms in total. The molecule has 0 spiro atoms. The van der Waals surface area contributed by atoms with Gasteiger partial charge in [0.15, 0.2) is 0 Å². The van der Waals surface area contributed by atoms with Gasteiger partial charge in [-0.25, -0.2) is 0 Å². The number of benzene rings is 1. The fraction of sp³-hybridized carbons (Fsp3) is 0.526. The number of aryl methyl sites for hydroxylation is 1. The van der Waals surface area contributed by atoms with Crippen LogP contribution in [0.1, 0.15) is 37.7 Å². The minimum atomic E-state index is -0.899. The quantitative estimate of drug-likeness (QED) is 0.829. The second kappa shape index (κ2) is 7.68. The highest BCUT2D eigenvalue weighted by molar-refractivity contribution is 5.96. The Morgan fingerprint density at radius 1 is 1.04 bits per heavy atom. The number of aliphatic carboxylic acids is 1. The van der Waals surface area contributed by atoms with E-state index in [1.807, 2.05) is 29.2 Å². The van der Waals surface area contributed by atoms with Crippen molar-refractivity contribution in [2.24, 2.45) is 11.8 Å². The molecule has 0 aromatic heterocycles. The number of carboxylic acids is 1. The van der Waals surface area contributed by atoms with Crippen LogP contribution in [0, 0.1) is 11.8 Å². The maximum atomic E-state index is 12.1. The van der Waals surface area contributed by atoms with Gasteiger partial charge in [-0.2, -0.15) is 0 Å². The molecule has 0 radical (unpaired) electrons. The third-order valence-electron chi connectivity index (χ3n) is 5.24.